The number of aliphatic hydroxyl groups excluding tert-OH is 5. The largest absolute Gasteiger partial charge is 0.472 e. The van der Waals surface area contributed by atoms with Gasteiger partial charge in [-0.3, -0.25) is 4.79 Å². The lowest BCUT2D eigenvalue weighted by Gasteiger charge is -2.43. The van der Waals surface area contributed by atoms with Gasteiger partial charge in [0.05, 0.1) is 44.0 Å². The summed E-state index contributed by atoms with van der Waals surface area (Å²) in [6.45, 7) is 6.09. The first-order valence-corrected chi connectivity index (χ1v) is 14.3. The zero-order chi connectivity index (χ0) is 32.3. The van der Waals surface area contributed by atoms with Crippen LogP contribution in [0, 0.1) is 29.6 Å². The summed E-state index contributed by atoms with van der Waals surface area (Å²) in [7, 11) is 1.23. The molecule has 4 rings (SSSR count). The number of ether oxygens (including phenoxy) is 7. The Morgan fingerprint density at radius 2 is 1.73 bits per heavy atom. The van der Waals surface area contributed by atoms with Gasteiger partial charge in [0.15, 0.2) is 12.6 Å². The molecule has 5 N–H and O–H groups in total. The predicted molar refractivity (Wildman–Crippen MR) is 144 cm³/mol. The van der Waals surface area contributed by atoms with Gasteiger partial charge in [0, 0.05) is 36.5 Å². The lowest BCUT2D eigenvalue weighted by Crippen LogP contribution is -2.60. The number of esters is 3. The quantitative estimate of drug-likeness (QED) is 0.111. The molecule has 13 atom stereocenters. The van der Waals surface area contributed by atoms with Crippen molar-refractivity contribution in [3.8, 4) is 0 Å². The molecule has 1 saturated carbocycles. The van der Waals surface area contributed by atoms with E-state index in [1.54, 1.807) is 6.92 Å². The van der Waals surface area contributed by atoms with Crippen LogP contribution in [0.1, 0.15) is 26.7 Å². The number of rotatable bonds is 10. The van der Waals surface area contributed by atoms with Crippen LogP contribution < -0.4 is 0 Å². The van der Waals surface area contributed by atoms with Crippen LogP contribution >= 0.6 is 0 Å². The number of aliphatic hydroxyl groups is 5. The van der Waals surface area contributed by atoms with Gasteiger partial charge in [0.25, 0.3) is 0 Å². The van der Waals surface area contributed by atoms with Crippen molar-refractivity contribution in [3.63, 3.8) is 0 Å². The van der Waals surface area contributed by atoms with E-state index in [0.29, 0.717) is 0 Å². The fourth-order valence-corrected chi connectivity index (χ4v) is 6.33. The second-order valence-corrected chi connectivity index (χ2v) is 11.3. The molecule has 0 aromatic heterocycles. The van der Waals surface area contributed by atoms with Crippen LogP contribution in [0.25, 0.3) is 0 Å². The molecule has 0 radical (unpaired) electrons. The first-order chi connectivity index (χ1) is 20.9. The zero-order valence-electron chi connectivity index (χ0n) is 24.6. The molecule has 3 aliphatic heterocycles. The highest BCUT2D eigenvalue weighted by atomic mass is 16.8. The van der Waals surface area contributed by atoms with E-state index in [-0.39, 0.29) is 30.6 Å². The summed E-state index contributed by atoms with van der Waals surface area (Å²) >= 11 is 0. The number of methoxy groups -OCH3 is 1. The highest BCUT2D eigenvalue weighted by Gasteiger charge is 2.53. The van der Waals surface area contributed by atoms with Crippen LogP contribution in [0.15, 0.2) is 36.3 Å². The Morgan fingerprint density at radius 3 is 2.36 bits per heavy atom. The first-order valence-electron chi connectivity index (χ1n) is 14.3. The van der Waals surface area contributed by atoms with Crippen molar-refractivity contribution in [1.29, 1.82) is 0 Å². The molecule has 2 fully saturated rings. The number of carbonyl (C=O) groups is 3. The van der Waals surface area contributed by atoms with E-state index in [4.69, 9.17) is 33.2 Å². The van der Waals surface area contributed by atoms with Gasteiger partial charge in [-0.2, -0.15) is 0 Å². The minimum atomic E-state index is -1.70. The smallest absolute Gasteiger partial charge is 0.337 e. The second kappa shape index (κ2) is 14.4. The van der Waals surface area contributed by atoms with Gasteiger partial charge in [0.2, 0.25) is 6.29 Å². The maximum absolute atomic E-state index is 13.6. The number of carbonyl (C=O) groups excluding carboxylic acids is 3. The van der Waals surface area contributed by atoms with Gasteiger partial charge in [-0.05, 0) is 12.8 Å². The Balaban J connectivity index is 1.54. The molecular formula is C29H40O15. The van der Waals surface area contributed by atoms with E-state index >= 15 is 0 Å². The normalized spacial score (nSPS) is 39.9. The zero-order valence-corrected chi connectivity index (χ0v) is 24.6. The van der Waals surface area contributed by atoms with Crippen molar-refractivity contribution in [3.05, 3.63) is 36.3 Å². The topological polar surface area (TPSA) is 217 Å². The molecule has 4 aliphatic rings. The summed E-state index contributed by atoms with van der Waals surface area (Å²) in [5, 5.41) is 50.7. The van der Waals surface area contributed by atoms with Crippen molar-refractivity contribution in [2.24, 2.45) is 29.6 Å². The molecule has 15 heteroatoms. The summed E-state index contributed by atoms with van der Waals surface area (Å²) < 4.78 is 38.1. The predicted octanol–water partition coefficient (Wildman–Crippen LogP) is -0.996. The Bertz CT molecular complexity index is 1130. The third kappa shape index (κ3) is 6.78. The fourth-order valence-electron chi connectivity index (χ4n) is 6.33. The Kier molecular flexibility index (Phi) is 11.0. The number of hydrogen-bond acceptors (Lipinski definition) is 15. The van der Waals surface area contributed by atoms with Crippen molar-refractivity contribution >= 4 is 17.9 Å². The number of fused-ring (bicyclic) bond motifs is 1. The minimum Gasteiger partial charge on any atom is -0.472 e. The van der Waals surface area contributed by atoms with Gasteiger partial charge >= 0.3 is 17.9 Å². The SMILES string of the molecule is C=C[C@H]1[C@H](O[C@@H]2O[C@H](CO)[C@@H](O)[C@H](O)[C@H]2O)OC=C(C(=O)O[C@H]2C[C@@H]3C(C(=O)OC)=CO[C@@H](O)[C@@H]3[C@H]2C)[C@H]1CCOC(C)=O. The van der Waals surface area contributed by atoms with E-state index in [9.17, 15) is 39.9 Å². The second-order valence-electron chi connectivity index (χ2n) is 11.3. The molecule has 0 unspecified atom stereocenters. The molecular weight excluding hydrogens is 588 g/mol. The molecule has 1 aliphatic carbocycles. The Morgan fingerprint density at radius 1 is 1.02 bits per heavy atom. The molecule has 0 aromatic carbocycles. The van der Waals surface area contributed by atoms with Crippen molar-refractivity contribution in [2.45, 2.75) is 76.1 Å². The van der Waals surface area contributed by atoms with Crippen LogP contribution in [-0.4, -0.2) is 113 Å². The molecule has 0 bridgehead atoms. The van der Waals surface area contributed by atoms with Crippen molar-refractivity contribution in [1.82, 2.24) is 0 Å². The molecule has 0 aromatic rings. The van der Waals surface area contributed by atoms with Crippen molar-refractivity contribution < 1.29 is 73.1 Å². The van der Waals surface area contributed by atoms with Gasteiger partial charge in [-0.1, -0.05) is 13.0 Å². The van der Waals surface area contributed by atoms with Gasteiger partial charge < -0.3 is 58.7 Å². The maximum Gasteiger partial charge on any atom is 0.337 e. The molecule has 3 heterocycles. The van der Waals surface area contributed by atoms with Gasteiger partial charge in [0.1, 0.15) is 30.5 Å². The lowest BCUT2D eigenvalue weighted by molar-refractivity contribution is -0.339. The summed E-state index contributed by atoms with van der Waals surface area (Å²) in [6, 6.07) is 0. The van der Waals surface area contributed by atoms with E-state index in [1.807, 2.05) is 0 Å². The standard InChI is InChI=1S/C29H40O15/c1-5-14-15(6-7-39-13(3)31)17(11-41-28(14)44-29-24(34)23(33)22(32)20(9-30)43-29)26(36)42-19-8-16-18(25(35)38-4)10-40-27(37)21(16)12(19)2/h5,10-12,14-16,19-24,27-30,32-34,37H,1,6-9H2,2-4H3/t12-,14+,15-,16+,19-,20+,21+,22+,23-,24+,27+,28-,29-/m0/s1. The Labute approximate surface area is 253 Å². The molecule has 0 spiro atoms. The minimum absolute atomic E-state index is 0.0679. The van der Waals surface area contributed by atoms with Gasteiger partial charge in [-0.15, -0.1) is 6.58 Å². The lowest BCUT2D eigenvalue weighted by atomic mass is 9.81. The van der Waals surface area contributed by atoms with Crippen LogP contribution in [0.4, 0.5) is 0 Å². The van der Waals surface area contributed by atoms with Crippen LogP contribution in [-0.2, 0) is 47.5 Å². The van der Waals surface area contributed by atoms with E-state index in [0.717, 1.165) is 6.26 Å². The van der Waals surface area contributed by atoms with Crippen molar-refractivity contribution in [2.75, 3.05) is 20.3 Å². The molecule has 0 amide bonds. The summed E-state index contributed by atoms with van der Waals surface area (Å²) in [4.78, 5) is 37.4. The van der Waals surface area contributed by atoms with E-state index in [1.165, 1.54) is 26.4 Å². The highest BCUT2D eigenvalue weighted by molar-refractivity contribution is 5.90. The number of hydrogen-bond donors (Lipinski definition) is 5. The van der Waals surface area contributed by atoms with E-state index in [2.05, 4.69) is 6.58 Å². The van der Waals surface area contributed by atoms with Gasteiger partial charge in [-0.25, -0.2) is 9.59 Å². The average molecular weight is 629 g/mol. The highest BCUT2D eigenvalue weighted by Crippen LogP contribution is 2.48. The average Bonchev–Trinajstić information content (AvgIpc) is 3.32. The summed E-state index contributed by atoms with van der Waals surface area (Å²) in [6.07, 6.45) is -6.81. The van der Waals surface area contributed by atoms with Crippen LogP contribution in [0.5, 0.6) is 0 Å². The van der Waals surface area contributed by atoms with Crippen LogP contribution in [0.3, 0.4) is 0 Å². The van der Waals surface area contributed by atoms with Crippen LogP contribution in [0.2, 0.25) is 0 Å². The maximum atomic E-state index is 13.6. The monoisotopic (exact) mass is 628 g/mol. The third-order valence-electron chi connectivity index (χ3n) is 8.75. The third-order valence-corrected chi connectivity index (χ3v) is 8.75. The van der Waals surface area contributed by atoms with E-state index < -0.39 is 103 Å². The first kappa shape index (κ1) is 33.8. The summed E-state index contributed by atoms with van der Waals surface area (Å²) in [5.41, 5.74) is 0.297. The molecule has 15 nitrogen and oxygen atoms in total. The Hall–Kier alpha value is -3.05. The summed E-state index contributed by atoms with van der Waals surface area (Å²) in [5.74, 6) is -4.86. The fraction of sp³-hybridized carbons (Fsp3) is 0.690. The molecule has 246 valence electrons. The molecule has 44 heavy (non-hydrogen) atoms. The molecule has 1 saturated heterocycles.